The standard InChI is InChI=1S/C11H13ClO3/c12-7-1-2-8-3-5-9(6-4-8)10(13)11(14)15/h3-6,10,13H,1-2,7H2,(H,14,15). The van der Waals surface area contributed by atoms with Gasteiger partial charge in [0.1, 0.15) is 0 Å². The smallest absolute Gasteiger partial charge is 0.337 e. The Labute approximate surface area is 93.3 Å². The summed E-state index contributed by atoms with van der Waals surface area (Å²) in [5.74, 6) is -0.622. The number of benzene rings is 1. The van der Waals surface area contributed by atoms with Gasteiger partial charge in [0.05, 0.1) is 0 Å². The topological polar surface area (TPSA) is 57.5 Å². The van der Waals surface area contributed by atoms with Gasteiger partial charge in [-0.3, -0.25) is 0 Å². The molecule has 1 aromatic carbocycles. The molecule has 4 heteroatoms. The van der Waals surface area contributed by atoms with Gasteiger partial charge in [0.15, 0.2) is 6.10 Å². The van der Waals surface area contributed by atoms with Crippen molar-refractivity contribution >= 4 is 17.6 Å². The van der Waals surface area contributed by atoms with Crippen LogP contribution in [0.1, 0.15) is 23.7 Å². The molecule has 3 nitrogen and oxygen atoms in total. The summed E-state index contributed by atoms with van der Waals surface area (Å²) in [6.45, 7) is 0. The number of hydrogen-bond acceptors (Lipinski definition) is 2. The minimum atomic E-state index is -1.44. The van der Waals surface area contributed by atoms with Crippen LogP contribution >= 0.6 is 11.6 Å². The fourth-order valence-corrected chi connectivity index (χ4v) is 1.41. The van der Waals surface area contributed by atoms with Gasteiger partial charge in [0.25, 0.3) is 0 Å². The second-order valence-electron chi connectivity index (χ2n) is 3.27. The second kappa shape index (κ2) is 5.73. The summed E-state index contributed by atoms with van der Waals surface area (Å²) in [7, 11) is 0. The summed E-state index contributed by atoms with van der Waals surface area (Å²) < 4.78 is 0. The first-order chi connectivity index (χ1) is 7.15. The summed E-state index contributed by atoms with van der Waals surface area (Å²) >= 11 is 5.56. The first-order valence-electron chi connectivity index (χ1n) is 4.71. The molecule has 0 fully saturated rings. The van der Waals surface area contributed by atoms with Crippen molar-refractivity contribution in [3.05, 3.63) is 35.4 Å². The predicted octanol–water partition coefficient (Wildman–Crippen LogP) is 1.98. The zero-order valence-corrected chi connectivity index (χ0v) is 8.94. The van der Waals surface area contributed by atoms with E-state index in [0.717, 1.165) is 18.4 Å². The molecule has 15 heavy (non-hydrogen) atoms. The predicted molar refractivity (Wildman–Crippen MR) is 58.1 cm³/mol. The Kier molecular flexibility index (Phi) is 4.59. The summed E-state index contributed by atoms with van der Waals surface area (Å²) in [5.41, 5.74) is 1.49. The molecule has 0 heterocycles. The average Bonchev–Trinajstić information content (AvgIpc) is 2.26. The Bertz CT molecular complexity index is 321. The van der Waals surface area contributed by atoms with Crippen molar-refractivity contribution in [2.75, 3.05) is 5.88 Å². The van der Waals surface area contributed by atoms with Crippen LogP contribution in [0.4, 0.5) is 0 Å². The van der Waals surface area contributed by atoms with Crippen molar-refractivity contribution in [2.24, 2.45) is 0 Å². The van der Waals surface area contributed by atoms with Gasteiger partial charge in [0, 0.05) is 5.88 Å². The molecule has 0 radical (unpaired) electrons. The Balaban J connectivity index is 2.67. The van der Waals surface area contributed by atoms with Crippen LogP contribution in [-0.2, 0) is 11.2 Å². The molecule has 0 saturated heterocycles. The van der Waals surface area contributed by atoms with Crippen LogP contribution in [0.15, 0.2) is 24.3 Å². The van der Waals surface area contributed by atoms with E-state index in [0.29, 0.717) is 11.4 Å². The van der Waals surface area contributed by atoms with Crippen LogP contribution in [0.5, 0.6) is 0 Å². The van der Waals surface area contributed by atoms with Gasteiger partial charge >= 0.3 is 5.97 Å². The van der Waals surface area contributed by atoms with Crippen LogP contribution in [0.3, 0.4) is 0 Å². The number of carbonyl (C=O) groups is 1. The minimum Gasteiger partial charge on any atom is -0.479 e. The van der Waals surface area contributed by atoms with Crippen LogP contribution in [0, 0.1) is 0 Å². The SMILES string of the molecule is O=C(O)C(O)c1ccc(CCCCl)cc1. The van der Waals surface area contributed by atoms with E-state index in [9.17, 15) is 9.90 Å². The Morgan fingerprint density at radius 3 is 2.40 bits per heavy atom. The number of aryl methyl sites for hydroxylation is 1. The van der Waals surface area contributed by atoms with Crippen molar-refractivity contribution < 1.29 is 15.0 Å². The van der Waals surface area contributed by atoms with Gasteiger partial charge in [0.2, 0.25) is 0 Å². The third-order valence-electron chi connectivity index (χ3n) is 2.13. The Morgan fingerprint density at radius 2 is 1.93 bits per heavy atom. The van der Waals surface area contributed by atoms with E-state index in [1.54, 1.807) is 12.1 Å². The van der Waals surface area contributed by atoms with Gasteiger partial charge in [-0.1, -0.05) is 24.3 Å². The monoisotopic (exact) mass is 228 g/mol. The Morgan fingerprint density at radius 1 is 1.33 bits per heavy atom. The number of carboxylic acids is 1. The normalized spacial score (nSPS) is 12.4. The lowest BCUT2D eigenvalue weighted by Gasteiger charge is -2.06. The number of rotatable bonds is 5. The molecule has 0 aliphatic heterocycles. The number of halogens is 1. The molecule has 1 atom stereocenters. The maximum Gasteiger partial charge on any atom is 0.337 e. The maximum absolute atomic E-state index is 10.5. The highest BCUT2D eigenvalue weighted by Crippen LogP contribution is 2.14. The van der Waals surface area contributed by atoms with E-state index < -0.39 is 12.1 Å². The van der Waals surface area contributed by atoms with E-state index in [1.165, 1.54) is 0 Å². The lowest BCUT2D eigenvalue weighted by atomic mass is 10.0. The highest BCUT2D eigenvalue weighted by atomic mass is 35.5. The summed E-state index contributed by atoms with van der Waals surface area (Å²) in [5, 5.41) is 17.8. The number of hydrogen-bond donors (Lipinski definition) is 2. The number of alkyl halides is 1. The fourth-order valence-electron chi connectivity index (χ4n) is 1.28. The van der Waals surface area contributed by atoms with Gasteiger partial charge < -0.3 is 10.2 Å². The zero-order valence-electron chi connectivity index (χ0n) is 8.19. The van der Waals surface area contributed by atoms with Crippen molar-refractivity contribution in [1.82, 2.24) is 0 Å². The average molecular weight is 229 g/mol. The number of carboxylic acid groups (broad SMARTS) is 1. The largest absolute Gasteiger partial charge is 0.479 e. The van der Waals surface area contributed by atoms with Crippen LogP contribution < -0.4 is 0 Å². The zero-order chi connectivity index (χ0) is 11.3. The molecule has 0 spiro atoms. The molecule has 1 aromatic rings. The molecule has 1 rings (SSSR count). The molecule has 0 bridgehead atoms. The van der Waals surface area contributed by atoms with E-state index in [4.69, 9.17) is 16.7 Å². The summed E-state index contributed by atoms with van der Waals surface area (Å²) in [6, 6.07) is 6.88. The van der Waals surface area contributed by atoms with Crippen LogP contribution in [0.25, 0.3) is 0 Å². The molecule has 0 aliphatic carbocycles. The summed E-state index contributed by atoms with van der Waals surface area (Å²) in [6.07, 6.45) is 0.321. The molecular weight excluding hydrogens is 216 g/mol. The van der Waals surface area contributed by atoms with Gasteiger partial charge in [-0.2, -0.15) is 0 Å². The Hall–Kier alpha value is -1.06. The molecule has 0 aliphatic rings. The van der Waals surface area contributed by atoms with E-state index in [1.807, 2.05) is 12.1 Å². The molecule has 0 amide bonds. The van der Waals surface area contributed by atoms with Gasteiger partial charge in [-0.25, -0.2) is 4.79 Å². The first-order valence-corrected chi connectivity index (χ1v) is 5.24. The van der Waals surface area contributed by atoms with Crippen LogP contribution in [0.2, 0.25) is 0 Å². The van der Waals surface area contributed by atoms with E-state index in [2.05, 4.69) is 0 Å². The molecule has 0 aromatic heterocycles. The molecule has 1 unspecified atom stereocenters. The van der Waals surface area contributed by atoms with Gasteiger partial charge in [-0.15, -0.1) is 11.6 Å². The quantitative estimate of drug-likeness (QED) is 0.758. The summed E-state index contributed by atoms with van der Waals surface area (Å²) in [4.78, 5) is 10.5. The van der Waals surface area contributed by atoms with Crippen molar-refractivity contribution in [2.45, 2.75) is 18.9 Å². The highest BCUT2D eigenvalue weighted by molar-refractivity contribution is 6.17. The molecule has 2 N–H and O–H groups in total. The first kappa shape index (κ1) is 12.0. The fraction of sp³-hybridized carbons (Fsp3) is 0.364. The molecule has 0 saturated carbocycles. The lowest BCUT2D eigenvalue weighted by Crippen LogP contribution is -2.10. The minimum absolute atomic E-state index is 0.400. The third-order valence-corrected chi connectivity index (χ3v) is 2.40. The lowest BCUT2D eigenvalue weighted by molar-refractivity contribution is -0.146. The van der Waals surface area contributed by atoms with Crippen molar-refractivity contribution in [3.8, 4) is 0 Å². The van der Waals surface area contributed by atoms with Crippen molar-refractivity contribution in [3.63, 3.8) is 0 Å². The number of aliphatic carboxylic acids is 1. The van der Waals surface area contributed by atoms with E-state index in [-0.39, 0.29) is 0 Å². The number of aliphatic hydroxyl groups is 1. The van der Waals surface area contributed by atoms with Gasteiger partial charge in [-0.05, 0) is 24.0 Å². The second-order valence-corrected chi connectivity index (χ2v) is 3.65. The third kappa shape index (κ3) is 3.53. The maximum atomic E-state index is 10.5. The molecular formula is C11H13ClO3. The van der Waals surface area contributed by atoms with Crippen molar-refractivity contribution in [1.29, 1.82) is 0 Å². The van der Waals surface area contributed by atoms with Crippen LogP contribution in [-0.4, -0.2) is 22.1 Å². The highest BCUT2D eigenvalue weighted by Gasteiger charge is 2.14. The number of aliphatic hydroxyl groups excluding tert-OH is 1. The van der Waals surface area contributed by atoms with E-state index >= 15 is 0 Å². The molecule has 82 valence electrons.